The lowest BCUT2D eigenvalue weighted by Gasteiger charge is -2.42. The molecule has 96 valence electrons. The summed E-state index contributed by atoms with van der Waals surface area (Å²) in [5, 5.41) is 7.88. The van der Waals surface area contributed by atoms with Crippen LogP contribution in [0, 0.1) is 0 Å². The molecule has 1 aliphatic carbocycles. The monoisotopic (exact) mass is 253 g/mol. The molecule has 1 N–H and O–H groups in total. The van der Waals surface area contributed by atoms with Crippen molar-refractivity contribution in [2.45, 2.75) is 50.2 Å². The molecule has 2 nitrogen and oxygen atoms in total. The summed E-state index contributed by atoms with van der Waals surface area (Å²) in [5.74, 6) is 0. The Morgan fingerprint density at radius 3 is 2.71 bits per heavy atom. The van der Waals surface area contributed by atoms with Gasteiger partial charge in [-0.3, -0.25) is 0 Å². The van der Waals surface area contributed by atoms with Crippen LogP contribution >= 0.6 is 11.3 Å². The summed E-state index contributed by atoms with van der Waals surface area (Å²) in [5.41, 5.74) is 1.48. The molecule has 1 aliphatic rings. The predicted octanol–water partition coefficient (Wildman–Crippen LogP) is 3.23. The number of rotatable bonds is 5. The van der Waals surface area contributed by atoms with Gasteiger partial charge < -0.3 is 10.1 Å². The average Bonchev–Trinajstić information content (AvgIpc) is 2.89. The lowest BCUT2D eigenvalue weighted by Crippen LogP contribution is -2.53. The van der Waals surface area contributed by atoms with Crippen molar-refractivity contribution in [3.63, 3.8) is 0 Å². The number of nitrogens with one attached hydrogen (secondary N) is 1. The smallest absolute Gasteiger partial charge is 0.0834 e. The lowest BCUT2D eigenvalue weighted by atomic mass is 9.77. The highest BCUT2D eigenvalue weighted by Gasteiger charge is 2.39. The molecule has 1 aromatic rings. The van der Waals surface area contributed by atoms with Crippen molar-refractivity contribution in [2.24, 2.45) is 0 Å². The second-order valence-electron chi connectivity index (χ2n) is 5.01. The molecule has 0 amide bonds. The third-order valence-electron chi connectivity index (χ3n) is 4.11. The van der Waals surface area contributed by atoms with Crippen molar-refractivity contribution in [1.29, 1.82) is 0 Å². The fourth-order valence-corrected chi connectivity index (χ4v) is 3.72. The first-order valence-electron chi connectivity index (χ1n) is 6.54. The minimum absolute atomic E-state index is 0.0505. The molecule has 17 heavy (non-hydrogen) atoms. The maximum absolute atomic E-state index is 5.92. The maximum atomic E-state index is 5.92. The zero-order chi connectivity index (χ0) is 12.1. The molecule has 1 unspecified atom stereocenters. The van der Waals surface area contributed by atoms with Crippen LogP contribution < -0.4 is 5.32 Å². The van der Waals surface area contributed by atoms with Crippen LogP contribution in [0.3, 0.4) is 0 Å². The summed E-state index contributed by atoms with van der Waals surface area (Å²) in [7, 11) is 3.94. The topological polar surface area (TPSA) is 21.3 Å². The van der Waals surface area contributed by atoms with Gasteiger partial charge >= 0.3 is 0 Å². The SMILES string of the molecule is CNC(Cc1ccsc1)C1(OC)CCCCC1. The molecule has 1 fully saturated rings. The molecule has 1 atom stereocenters. The largest absolute Gasteiger partial charge is 0.377 e. The number of hydrogen-bond donors (Lipinski definition) is 1. The third kappa shape index (κ3) is 2.90. The van der Waals surface area contributed by atoms with E-state index >= 15 is 0 Å². The van der Waals surface area contributed by atoms with Crippen LogP contribution in [-0.2, 0) is 11.2 Å². The molecule has 1 saturated carbocycles. The highest BCUT2D eigenvalue weighted by atomic mass is 32.1. The Morgan fingerprint density at radius 2 is 2.18 bits per heavy atom. The van der Waals surface area contributed by atoms with E-state index in [2.05, 4.69) is 29.2 Å². The van der Waals surface area contributed by atoms with Crippen molar-refractivity contribution in [2.75, 3.05) is 14.2 Å². The number of methoxy groups -OCH3 is 1. The van der Waals surface area contributed by atoms with Crippen molar-refractivity contribution in [1.82, 2.24) is 5.32 Å². The summed E-state index contributed by atoms with van der Waals surface area (Å²) >= 11 is 1.78. The van der Waals surface area contributed by atoms with Gasteiger partial charge in [-0.15, -0.1) is 0 Å². The predicted molar refractivity (Wildman–Crippen MR) is 73.7 cm³/mol. The summed E-state index contributed by atoms with van der Waals surface area (Å²) in [4.78, 5) is 0. The van der Waals surface area contributed by atoms with Gasteiger partial charge in [-0.1, -0.05) is 19.3 Å². The Labute approximate surface area is 108 Å². The van der Waals surface area contributed by atoms with Crippen molar-refractivity contribution in [3.8, 4) is 0 Å². The van der Waals surface area contributed by atoms with Gasteiger partial charge in [0.2, 0.25) is 0 Å². The van der Waals surface area contributed by atoms with Crippen molar-refractivity contribution >= 4 is 11.3 Å². The van der Waals surface area contributed by atoms with Gasteiger partial charge in [0.05, 0.1) is 5.60 Å². The van der Waals surface area contributed by atoms with Crippen LogP contribution in [0.4, 0.5) is 0 Å². The van der Waals surface area contributed by atoms with E-state index < -0.39 is 0 Å². The number of likely N-dealkylation sites (N-methyl/N-ethyl adjacent to an activating group) is 1. The maximum Gasteiger partial charge on any atom is 0.0834 e. The molecule has 1 heterocycles. The Hall–Kier alpha value is -0.380. The van der Waals surface area contributed by atoms with Crippen LogP contribution in [0.1, 0.15) is 37.7 Å². The molecule has 0 bridgehead atoms. The summed E-state index contributed by atoms with van der Waals surface area (Å²) in [6.07, 6.45) is 7.43. The van der Waals surface area contributed by atoms with Gasteiger partial charge in [-0.25, -0.2) is 0 Å². The molecule has 3 heteroatoms. The Balaban J connectivity index is 2.09. The summed E-state index contributed by atoms with van der Waals surface area (Å²) in [6.45, 7) is 0. The van der Waals surface area contributed by atoms with Gasteiger partial charge in [0.15, 0.2) is 0 Å². The van der Waals surface area contributed by atoms with Gasteiger partial charge in [0.1, 0.15) is 0 Å². The Morgan fingerprint density at radius 1 is 1.41 bits per heavy atom. The second-order valence-corrected chi connectivity index (χ2v) is 5.79. The first-order valence-corrected chi connectivity index (χ1v) is 7.48. The van der Waals surface area contributed by atoms with Crippen LogP contribution in [0.2, 0.25) is 0 Å². The Bertz CT molecular complexity index is 317. The number of ether oxygens (including phenoxy) is 1. The second kappa shape index (κ2) is 5.98. The van der Waals surface area contributed by atoms with Crippen LogP contribution in [-0.4, -0.2) is 25.8 Å². The molecule has 1 aromatic heterocycles. The van der Waals surface area contributed by atoms with Gasteiger partial charge in [-0.05, 0) is 48.7 Å². The molecular weight excluding hydrogens is 230 g/mol. The van der Waals surface area contributed by atoms with Crippen LogP contribution in [0.25, 0.3) is 0 Å². The van der Waals surface area contributed by atoms with Gasteiger partial charge in [-0.2, -0.15) is 11.3 Å². The minimum atomic E-state index is 0.0505. The fraction of sp³-hybridized carbons (Fsp3) is 0.714. The lowest BCUT2D eigenvalue weighted by molar-refractivity contribution is -0.0656. The van der Waals surface area contributed by atoms with E-state index in [0.717, 1.165) is 6.42 Å². The molecule has 0 radical (unpaired) electrons. The number of hydrogen-bond acceptors (Lipinski definition) is 3. The zero-order valence-electron chi connectivity index (χ0n) is 10.9. The standard InChI is InChI=1S/C14H23NOS/c1-15-13(10-12-6-9-17-11-12)14(16-2)7-4-3-5-8-14/h6,9,11,13,15H,3-5,7-8,10H2,1-2H3. The minimum Gasteiger partial charge on any atom is -0.377 e. The molecule has 2 rings (SSSR count). The van der Waals surface area contributed by atoms with Crippen LogP contribution in [0.15, 0.2) is 16.8 Å². The van der Waals surface area contributed by atoms with Crippen molar-refractivity contribution in [3.05, 3.63) is 22.4 Å². The van der Waals surface area contributed by atoms with E-state index in [4.69, 9.17) is 4.74 Å². The first kappa shape index (κ1) is 13.1. The Kier molecular flexibility index (Phi) is 4.60. The summed E-state index contributed by atoms with van der Waals surface area (Å²) < 4.78 is 5.92. The number of thiophene rings is 1. The van der Waals surface area contributed by atoms with Gasteiger partial charge in [0, 0.05) is 13.2 Å². The molecule has 0 spiro atoms. The normalized spacial score (nSPS) is 21.3. The van der Waals surface area contributed by atoms with E-state index in [1.54, 1.807) is 11.3 Å². The third-order valence-corrected chi connectivity index (χ3v) is 4.84. The van der Waals surface area contributed by atoms with Gasteiger partial charge in [0.25, 0.3) is 0 Å². The molecule has 0 aliphatic heterocycles. The zero-order valence-corrected chi connectivity index (χ0v) is 11.7. The first-order chi connectivity index (χ1) is 8.30. The van der Waals surface area contributed by atoms with Crippen LogP contribution in [0.5, 0.6) is 0 Å². The van der Waals surface area contributed by atoms with E-state index in [1.807, 2.05) is 7.11 Å². The average molecular weight is 253 g/mol. The molecular formula is C14H23NOS. The fourth-order valence-electron chi connectivity index (χ4n) is 3.04. The summed E-state index contributed by atoms with van der Waals surface area (Å²) in [6, 6.07) is 2.66. The van der Waals surface area contributed by atoms with E-state index in [9.17, 15) is 0 Å². The van der Waals surface area contributed by atoms with E-state index in [-0.39, 0.29) is 5.60 Å². The van der Waals surface area contributed by atoms with E-state index in [0.29, 0.717) is 6.04 Å². The molecule has 0 saturated heterocycles. The quantitative estimate of drug-likeness (QED) is 0.870. The van der Waals surface area contributed by atoms with E-state index in [1.165, 1.54) is 37.7 Å². The highest BCUT2D eigenvalue weighted by molar-refractivity contribution is 7.07. The molecule has 0 aromatic carbocycles. The van der Waals surface area contributed by atoms with Crippen molar-refractivity contribution < 1.29 is 4.74 Å². The highest BCUT2D eigenvalue weighted by Crippen LogP contribution is 2.35.